The van der Waals surface area contributed by atoms with Gasteiger partial charge in [0.1, 0.15) is 0 Å². The van der Waals surface area contributed by atoms with Crippen molar-refractivity contribution in [3.05, 3.63) is 34.5 Å². The molecule has 2 unspecified atom stereocenters. The van der Waals surface area contributed by atoms with E-state index in [9.17, 15) is 13.6 Å². The summed E-state index contributed by atoms with van der Waals surface area (Å²) in [4.78, 5) is 14.8. The molecule has 1 amide bonds. The maximum absolute atomic E-state index is 12.7. The van der Waals surface area contributed by atoms with Crippen LogP contribution in [0.1, 0.15) is 49.5 Å². The summed E-state index contributed by atoms with van der Waals surface area (Å²) in [5, 5.41) is 1.45. The molecule has 2 heterocycles. The van der Waals surface area contributed by atoms with Crippen molar-refractivity contribution >= 4 is 17.2 Å². The number of hydrogen-bond donors (Lipinski definition) is 0. The Hall–Kier alpha value is -1.27. The Morgan fingerprint density at radius 2 is 2.35 bits per heavy atom. The highest BCUT2D eigenvalue weighted by atomic mass is 32.1. The lowest BCUT2D eigenvalue weighted by Crippen LogP contribution is -2.47. The Morgan fingerprint density at radius 1 is 1.57 bits per heavy atom. The summed E-state index contributed by atoms with van der Waals surface area (Å²) in [6.45, 7) is 6.62. The van der Waals surface area contributed by atoms with Gasteiger partial charge in [0.15, 0.2) is 0 Å². The monoisotopic (exact) mass is 343 g/mol. The van der Waals surface area contributed by atoms with Gasteiger partial charge in [-0.25, -0.2) is 8.78 Å². The molecule has 0 aliphatic carbocycles. The lowest BCUT2D eigenvalue weighted by atomic mass is 9.98. The summed E-state index contributed by atoms with van der Waals surface area (Å²) in [7, 11) is 0. The van der Waals surface area contributed by atoms with E-state index >= 15 is 0 Å². The van der Waals surface area contributed by atoms with Gasteiger partial charge in [-0.15, -0.1) is 11.3 Å². The minimum atomic E-state index is -2.48. The predicted octanol–water partition coefficient (Wildman–Crippen LogP) is 4.55. The maximum atomic E-state index is 12.7. The average molecular weight is 343 g/mol. The molecule has 6 heteroatoms. The summed E-state index contributed by atoms with van der Waals surface area (Å²) >= 11 is 1.26. The highest BCUT2D eigenvalue weighted by Gasteiger charge is 2.31. The second-order valence-electron chi connectivity index (χ2n) is 5.70. The topological polar surface area (TPSA) is 29.5 Å². The molecule has 3 nitrogen and oxygen atoms in total. The van der Waals surface area contributed by atoms with Gasteiger partial charge < -0.3 is 9.64 Å². The van der Waals surface area contributed by atoms with E-state index in [1.54, 1.807) is 4.90 Å². The molecule has 2 atom stereocenters. The summed E-state index contributed by atoms with van der Waals surface area (Å²) in [5.41, 5.74) is 0.0120. The van der Waals surface area contributed by atoms with Gasteiger partial charge in [-0.3, -0.25) is 4.79 Å². The minimum Gasteiger partial charge on any atom is -0.376 e. The van der Waals surface area contributed by atoms with Crippen LogP contribution in [0.5, 0.6) is 0 Å². The molecule has 1 aromatic rings. The number of hydrogen-bond acceptors (Lipinski definition) is 3. The smallest absolute Gasteiger partial charge is 0.264 e. The van der Waals surface area contributed by atoms with Crippen LogP contribution in [0.2, 0.25) is 0 Å². The van der Waals surface area contributed by atoms with E-state index in [0.717, 1.165) is 30.6 Å². The Balaban J connectivity index is 2.16. The van der Waals surface area contributed by atoms with Crippen LogP contribution in [0.15, 0.2) is 24.1 Å². The number of halogens is 2. The van der Waals surface area contributed by atoms with E-state index < -0.39 is 6.43 Å². The molecule has 23 heavy (non-hydrogen) atoms. The Kier molecular flexibility index (Phi) is 6.72. The van der Waals surface area contributed by atoms with Gasteiger partial charge in [-0.1, -0.05) is 13.5 Å². The van der Waals surface area contributed by atoms with E-state index in [4.69, 9.17) is 4.74 Å². The standard InChI is InChI=1S/C17H23F2NO2S/c1-3-14(15-7-5-6-8-22-15)20(16(21)4-2)10-13-9-12(11-23-13)17(18)19/h4,9,11,14-15,17H,2-3,5-8,10H2,1H3. The molecular weight excluding hydrogens is 320 g/mol. The first-order valence-corrected chi connectivity index (χ1v) is 8.84. The first kappa shape index (κ1) is 18.1. The SMILES string of the molecule is C=CC(=O)N(Cc1cc(C(F)F)cs1)C(CC)C1CCCCO1. The van der Waals surface area contributed by atoms with Crippen LogP contribution < -0.4 is 0 Å². The maximum Gasteiger partial charge on any atom is 0.264 e. The molecule has 1 fully saturated rings. The Labute approximate surface area is 139 Å². The van der Waals surface area contributed by atoms with Crippen LogP contribution in [0, 0.1) is 0 Å². The molecule has 1 aliphatic rings. The Bertz CT molecular complexity index is 526. The third-order valence-electron chi connectivity index (χ3n) is 4.17. The fourth-order valence-electron chi connectivity index (χ4n) is 2.99. The zero-order valence-electron chi connectivity index (χ0n) is 13.3. The summed E-state index contributed by atoms with van der Waals surface area (Å²) in [5.74, 6) is -0.182. The van der Waals surface area contributed by atoms with E-state index in [2.05, 4.69) is 6.58 Å². The van der Waals surface area contributed by atoms with Gasteiger partial charge in [0, 0.05) is 17.0 Å². The summed E-state index contributed by atoms with van der Waals surface area (Å²) < 4.78 is 31.3. The molecule has 128 valence electrons. The minimum absolute atomic E-state index is 0.00665. The van der Waals surface area contributed by atoms with Crippen LogP contribution >= 0.6 is 11.3 Å². The van der Waals surface area contributed by atoms with Crippen LogP contribution in [0.3, 0.4) is 0 Å². The third kappa shape index (κ3) is 4.61. The quantitative estimate of drug-likeness (QED) is 0.680. The van der Waals surface area contributed by atoms with Crippen LogP contribution in [0.4, 0.5) is 8.78 Å². The number of ether oxygens (including phenoxy) is 1. The zero-order chi connectivity index (χ0) is 16.8. The third-order valence-corrected chi connectivity index (χ3v) is 5.11. The van der Waals surface area contributed by atoms with Crippen molar-refractivity contribution in [3.8, 4) is 0 Å². The van der Waals surface area contributed by atoms with Crippen molar-refractivity contribution in [1.82, 2.24) is 4.90 Å². The summed E-state index contributed by atoms with van der Waals surface area (Å²) in [6.07, 6.45) is 2.63. The number of rotatable bonds is 7. The molecule has 0 aromatic carbocycles. The van der Waals surface area contributed by atoms with Gasteiger partial charge in [0.2, 0.25) is 5.91 Å². The number of amides is 1. The number of carbonyl (C=O) groups is 1. The van der Waals surface area contributed by atoms with Gasteiger partial charge >= 0.3 is 0 Å². The molecule has 1 saturated heterocycles. The van der Waals surface area contributed by atoms with Crippen molar-refractivity contribution in [1.29, 1.82) is 0 Å². The first-order valence-electron chi connectivity index (χ1n) is 7.96. The number of thiophene rings is 1. The van der Waals surface area contributed by atoms with Crippen LogP contribution in [-0.2, 0) is 16.1 Å². The first-order chi connectivity index (χ1) is 11.1. The molecule has 2 rings (SSSR count). The van der Waals surface area contributed by atoms with E-state index in [0.29, 0.717) is 13.2 Å². The molecular formula is C17H23F2NO2S. The Morgan fingerprint density at radius 3 is 2.87 bits per heavy atom. The van der Waals surface area contributed by atoms with Crippen molar-refractivity contribution in [3.63, 3.8) is 0 Å². The number of alkyl halides is 2. The van der Waals surface area contributed by atoms with Crippen molar-refractivity contribution in [2.24, 2.45) is 0 Å². The molecule has 0 spiro atoms. The van der Waals surface area contributed by atoms with Crippen molar-refractivity contribution < 1.29 is 18.3 Å². The predicted molar refractivity (Wildman–Crippen MR) is 87.7 cm³/mol. The molecule has 0 bridgehead atoms. The van der Waals surface area contributed by atoms with Crippen molar-refractivity contribution in [2.75, 3.05) is 6.61 Å². The van der Waals surface area contributed by atoms with Gasteiger partial charge in [-0.05, 0) is 43.2 Å². The molecule has 0 N–H and O–H groups in total. The number of nitrogens with zero attached hydrogens (tertiary/aromatic N) is 1. The highest BCUT2D eigenvalue weighted by molar-refractivity contribution is 7.10. The number of carbonyl (C=O) groups excluding carboxylic acids is 1. The molecule has 0 radical (unpaired) electrons. The fourth-order valence-corrected chi connectivity index (χ4v) is 3.87. The van der Waals surface area contributed by atoms with Crippen molar-refractivity contribution in [2.45, 2.75) is 57.7 Å². The molecule has 0 saturated carbocycles. The van der Waals surface area contributed by atoms with E-state index in [1.165, 1.54) is 28.9 Å². The second kappa shape index (κ2) is 8.55. The van der Waals surface area contributed by atoms with E-state index in [-0.39, 0.29) is 23.6 Å². The molecule has 1 aliphatic heterocycles. The summed E-state index contributed by atoms with van der Waals surface area (Å²) in [6, 6.07) is 1.42. The lowest BCUT2D eigenvalue weighted by Gasteiger charge is -2.37. The lowest BCUT2D eigenvalue weighted by molar-refractivity contribution is -0.134. The normalized spacial score (nSPS) is 19.6. The highest BCUT2D eigenvalue weighted by Crippen LogP contribution is 2.28. The fraction of sp³-hybridized carbons (Fsp3) is 0.588. The average Bonchev–Trinajstić information content (AvgIpc) is 3.04. The largest absolute Gasteiger partial charge is 0.376 e. The van der Waals surface area contributed by atoms with Crippen LogP contribution in [-0.4, -0.2) is 29.6 Å². The van der Waals surface area contributed by atoms with Gasteiger partial charge in [-0.2, -0.15) is 0 Å². The zero-order valence-corrected chi connectivity index (χ0v) is 14.2. The molecule has 1 aromatic heterocycles. The van der Waals surface area contributed by atoms with Gasteiger partial charge in [0.05, 0.1) is 18.7 Å². The van der Waals surface area contributed by atoms with Crippen LogP contribution in [0.25, 0.3) is 0 Å². The van der Waals surface area contributed by atoms with Gasteiger partial charge in [0.25, 0.3) is 6.43 Å². The van der Waals surface area contributed by atoms with E-state index in [1.807, 2.05) is 6.92 Å². The second-order valence-corrected chi connectivity index (χ2v) is 6.69.